The Bertz CT molecular complexity index is 1210. The van der Waals surface area contributed by atoms with Crippen LogP contribution in [0.4, 0.5) is 0 Å². The lowest BCUT2D eigenvalue weighted by Gasteiger charge is -2.18. The molecule has 144 valence electrons. The van der Waals surface area contributed by atoms with Crippen LogP contribution in [0, 0.1) is 12.3 Å². The van der Waals surface area contributed by atoms with Gasteiger partial charge in [0.1, 0.15) is 0 Å². The van der Waals surface area contributed by atoms with Gasteiger partial charge in [-0.05, 0) is 50.5 Å². The van der Waals surface area contributed by atoms with E-state index in [2.05, 4.69) is 10.5 Å². The quantitative estimate of drug-likeness (QED) is 0.359. The summed E-state index contributed by atoms with van der Waals surface area (Å²) in [5.74, 6) is -0.253. The normalized spacial score (nSPS) is 15.5. The van der Waals surface area contributed by atoms with Gasteiger partial charge in [-0.25, -0.2) is 17.8 Å². The molecule has 0 saturated carbocycles. The Morgan fingerprint density at radius 3 is 2.64 bits per heavy atom. The molecule has 0 saturated heterocycles. The Balaban J connectivity index is 2.05. The van der Waals surface area contributed by atoms with Gasteiger partial charge in [-0.1, -0.05) is 29.8 Å². The Labute approximate surface area is 163 Å². The molecule has 0 unspecified atom stereocenters. The first-order valence-electron chi connectivity index (χ1n) is 9.01. The Morgan fingerprint density at radius 1 is 1.18 bits per heavy atom. The van der Waals surface area contributed by atoms with Gasteiger partial charge in [-0.15, -0.1) is 0 Å². The van der Waals surface area contributed by atoms with Gasteiger partial charge in [0.25, 0.3) is 10.0 Å². The summed E-state index contributed by atoms with van der Waals surface area (Å²) >= 11 is 0. The maximum absolute atomic E-state index is 13.5. The minimum absolute atomic E-state index is 0.251. The number of benzene rings is 2. The summed E-state index contributed by atoms with van der Waals surface area (Å²) in [4.78, 5) is 0.251. The molecule has 0 aliphatic heterocycles. The molecule has 0 amide bonds. The minimum atomic E-state index is -3.76. The predicted molar refractivity (Wildman–Crippen MR) is 110 cm³/mol. The zero-order valence-corrected chi connectivity index (χ0v) is 16.3. The molecule has 0 atom stereocenters. The van der Waals surface area contributed by atoms with Crippen LogP contribution in [0.1, 0.15) is 29.7 Å². The van der Waals surface area contributed by atoms with Gasteiger partial charge in [0.2, 0.25) is 5.96 Å². The summed E-state index contributed by atoms with van der Waals surface area (Å²) < 4.78 is 28.4. The van der Waals surface area contributed by atoms with Crippen molar-refractivity contribution in [2.45, 2.75) is 31.1 Å². The highest BCUT2D eigenvalue weighted by Crippen LogP contribution is 2.35. The van der Waals surface area contributed by atoms with Crippen molar-refractivity contribution < 1.29 is 8.42 Å². The molecular weight excluding hydrogens is 374 g/mol. The fraction of sp³-hybridized carbons (Fsp3) is 0.200. The first-order chi connectivity index (χ1) is 13.4. The zero-order valence-electron chi connectivity index (χ0n) is 15.4. The van der Waals surface area contributed by atoms with Crippen LogP contribution in [0.5, 0.6) is 0 Å². The molecule has 1 aliphatic rings. The molecular formula is C20H21N5O2S. The van der Waals surface area contributed by atoms with E-state index in [0.717, 1.165) is 28.6 Å². The van der Waals surface area contributed by atoms with Crippen molar-refractivity contribution in [3.8, 4) is 0 Å². The van der Waals surface area contributed by atoms with Gasteiger partial charge in [0.05, 0.1) is 16.1 Å². The van der Waals surface area contributed by atoms with Gasteiger partial charge < -0.3 is 5.73 Å². The van der Waals surface area contributed by atoms with E-state index in [0.29, 0.717) is 24.1 Å². The lowest BCUT2D eigenvalue weighted by atomic mass is 9.93. The van der Waals surface area contributed by atoms with Crippen molar-refractivity contribution >= 4 is 32.6 Å². The van der Waals surface area contributed by atoms with Crippen molar-refractivity contribution in [3.05, 3.63) is 65.4 Å². The van der Waals surface area contributed by atoms with Crippen molar-refractivity contribution in [2.24, 2.45) is 10.8 Å². The largest absolute Gasteiger partial charge is 0.369 e. The smallest absolute Gasteiger partial charge is 0.268 e. The molecule has 1 aliphatic carbocycles. The van der Waals surface area contributed by atoms with E-state index in [4.69, 9.17) is 11.1 Å². The number of aryl methyl sites for hydroxylation is 1. The summed E-state index contributed by atoms with van der Waals surface area (Å²) in [6, 6.07) is 14.2. The molecule has 0 spiro atoms. The van der Waals surface area contributed by atoms with Gasteiger partial charge in [-0.3, -0.25) is 5.41 Å². The van der Waals surface area contributed by atoms with Crippen molar-refractivity contribution in [2.75, 3.05) is 0 Å². The van der Waals surface area contributed by atoms with E-state index in [-0.39, 0.29) is 10.9 Å². The highest BCUT2D eigenvalue weighted by Gasteiger charge is 2.30. The summed E-state index contributed by atoms with van der Waals surface area (Å²) in [7, 11) is -3.76. The number of nitrogens with zero attached hydrogens (tertiary/aromatic N) is 2. The lowest BCUT2D eigenvalue weighted by molar-refractivity contribution is 0.586. The Morgan fingerprint density at radius 2 is 1.93 bits per heavy atom. The third-order valence-electron chi connectivity index (χ3n) is 4.88. The second kappa shape index (κ2) is 6.79. The minimum Gasteiger partial charge on any atom is -0.369 e. The fourth-order valence-corrected chi connectivity index (χ4v) is 5.34. The number of hydrazone groups is 1. The van der Waals surface area contributed by atoms with Gasteiger partial charge in [0, 0.05) is 16.6 Å². The van der Waals surface area contributed by atoms with E-state index in [1.807, 2.05) is 25.1 Å². The standard InChI is InChI=1S/C20H21N5O2S/c1-13-10-11-17-15(12-13)19-16(23-24-20(21)22)8-5-9-18(19)25(17)28(26,27)14-6-3-2-4-7-14/h2-4,6-7,10-12H,5,8-9H2,1H3,(H4,21,22,24). The Kier molecular flexibility index (Phi) is 4.43. The van der Waals surface area contributed by atoms with Gasteiger partial charge in [0.15, 0.2) is 0 Å². The number of nitrogens with one attached hydrogen (secondary N) is 2. The van der Waals surface area contributed by atoms with Crippen molar-refractivity contribution in [1.82, 2.24) is 9.40 Å². The van der Waals surface area contributed by atoms with Crippen LogP contribution in [-0.2, 0) is 16.4 Å². The van der Waals surface area contributed by atoms with E-state index in [1.165, 1.54) is 3.97 Å². The number of fused-ring (bicyclic) bond motifs is 3. The number of hydrogen-bond acceptors (Lipinski definition) is 4. The number of hydrogen-bond donors (Lipinski definition) is 3. The molecule has 3 aromatic rings. The Hall–Kier alpha value is -3.13. The number of guanidine groups is 1. The molecule has 0 fully saturated rings. The summed E-state index contributed by atoms with van der Waals surface area (Å²) in [5.41, 5.74) is 11.8. The van der Waals surface area contributed by atoms with E-state index < -0.39 is 10.0 Å². The molecule has 0 radical (unpaired) electrons. The van der Waals surface area contributed by atoms with E-state index in [9.17, 15) is 8.42 Å². The van der Waals surface area contributed by atoms with Crippen molar-refractivity contribution in [3.63, 3.8) is 0 Å². The molecule has 2 aromatic carbocycles. The third-order valence-corrected chi connectivity index (χ3v) is 6.65. The predicted octanol–water partition coefficient (Wildman–Crippen LogP) is 2.71. The van der Waals surface area contributed by atoms with Crippen LogP contribution in [0.2, 0.25) is 0 Å². The summed E-state index contributed by atoms with van der Waals surface area (Å²) in [5, 5.41) is 12.5. The van der Waals surface area contributed by atoms with Crippen LogP contribution in [0.15, 0.2) is 58.5 Å². The average Bonchev–Trinajstić information content (AvgIpc) is 3.01. The molecule has 0 bridgehead atoms. The van der Waals surface area contributed by atoms with Crippen molar-refractivity contribution in [1.29, 1.82) is 5.41 Å². The third kappa shape index (κ3) is 2.95. The second-order valence-corrected chi connectivity index (χ2v) is 8.65. The highest BCUT2D eigenvalue weighted by molar-refractivity contribution is 7.90. The first-order valence-corrected chi connectivity index (χ1v) is 10.4. The number of rotatable bonds is 3. The molecule has 1 heterocycles. The number of aromatic nitrogens is 1. The van der Waals surface area contributed by atoms with Gasteiger partial charge in [-0.2, -0.15) is 5.10 Å². The molecule has 28 heavy (non-hydrogen) atoms. The van der Waals surface area contributed by atoms with Crippen LogP contribution >= 0.6 is 0 Å². The maximum atomic E-state index is 13.5. The molecule has 4 N–H and O–H groups in total. The number of nitrogens with two attached hydrogens (primary N) is 1. The van der Waals surface area contributed by atoms with E-state index in [1.54, 1.807) is 30.3 Å². The SMILES string of the molecule is Cc1ccc2c(c1)c1c(n2S(=O)(=O)c2ccccc2)CCCC1=NNC(=N)N. The van der Waals surface area contributed by atoms with Gasteiger partial charge >= 0.3 is 0 Å². The van der Waals surface area contributed by atoms with Crippen LogP contribution in [-0.4, -0.2) is 24.1 Å². The first kappa shape index (κ1) is 18.2. The monoisotopic (exact) mass is 395 g/mol. The topological polar surface area (TPSA) is 113 Å². The van der Waals surface area contributed by atoms with E-state index >= 15 is 0 Å². The molecule has 8 heteroatoms. The fourth-order valence-electron chi connectivity index (χ4n) is 3.74. The summed E-state index contributed by atoms with van der Waals surface area (Å²) in [6.45, 7) is 1.97. The van der Waals surface area contributed by atoms with Crippen LogP contribution < -0.4 is 11.2 Å². The maximum Gasteiger partial charge on any atom is 0.268 e. The highest BCUT2D eigenvalue weighted by atomic mass is 32.2. The average molecular weight is 395 g/mol. The summed E-state index contributed by atoms with van der Waals surface area (Å²) in [6.07, 6.45) is 2.09. The van der Waals surface area contributed by atoms with Crippen LogP contribution in [0.25, 0.3) is 10.9 Å². The zero-order chi connectivity index (χ0) is 19.9. The molecule has 4 rings (SSSR count). The van der Waals surface area contributed by atoms with Crippen LogP contribution in [0.3, 0.4) is 0 Å². The molecule has 7 nitrogen and oxygen atoms in total. The second-order valence-electron chi connectivity index (χ2n) is 6.86. The lowest BCUT2D eigenvalue weighted by Crippen LogP contribution is -2.28. The molecule has 1 aromatic heterocycles.